The highest BCUT2D eigenvalue weighted by molar-refractivity contribution is 5.97. The summed E-state index contributed by atoms with van der Waals surface area (Å²) >= 11 is 0. The Balaban J connectivity index is 3.19. The van der Waals surface area contributed by atoms with E-state index in [1.54, 1.807) is 6.92 Å². The number of carbonyl (C=O) groups excluding carboxylic acids is 2. The molecule has 0 saturated carbocycles. The molecule has 2 amide bonds. The van der Waals surface area contributed by atoms with Crippen molar-refractivity contribution in [2.75, 3.05) is 0 Å². The number of nitrogens with one attached hydrogen (secondary N) is 1. The van der Waals surface area contributed by atoms with Crippen LogP contribution < -0.4 is 11.1 Å². The van der Waals surface area contributed by atoms with Crippen LogP contribution in [0.15, 0.2) is 0 Å². The minimum atomic E-state index is -0.620. The predicted octanol–water partition coefficient (Wildman–Crippen LogP) is 5.24. The van der Waals surface area contributed by atoms with E-state index in [2.05, 4.69) is 12.2 Å². The second-order valence-electron chi connectivity index (χ2n) is 7.40. The van der Waals surface area contributed by atoms with Crippen LogP contribution in [0.5, 0.6) is 0 Å². The number of amides is 2. The molecule has 1 atom stereocenters. The summed E-state index contributed by atoms with van der Waals surface area (Å²) in [6.07, 6.45) is 20.0. The Labute approximate surface area is 155 Å². The van der Waals surface area contributed by atoms with E-state index in [1.165, 1.54) is 83.5 Å². The molecule has 0 fully saturated rings. The Kier molecular flexibility index (Phi) is 17.3. The first-order valence-corrected chi connectivity index (χ1v) is 10.7. The lowest BCUT2D eigenvalue weighted by Crippen LogP contribution is -2.41. The van der Waals surface area contributed by atoms with Gasteiger partial charge in [0.1, 0.15) is 0 Å². The summed E-state index contributed by atoms with van der Waals surface area (Å²) in [4.78, 5) is 22.8. The first-order valence-electron chi connectivity index (χ1n) is 10.7. The zero-order chi connectivity index (χ0) is 18.8. The highest BCUT2D eigenvalue weighted by Gasteiger charge is 2.10. The SMILES string of the molecule is CCCCCCCCCCCCCCCCCC(=O)NC(=O)[C@H](C)N. The second-order valence-corrected chi connectivity index (χ2v) is 7.40. The van der Waals surface area contributed by atoms with Crippen molar-refractivity contribution in [3.05, 3.63) is 0 Å². The standard InChI is InChI=1S/C21H42N2O2/c1-3-4-5-6-7-8-9-10-11-12-13-14-15-16-17-18-20(24)23-21(25)19(2)22/h19H,3-18,22H2,1-2H3,(H,23,24,25)/t19-/m0/s1. The summed E-state index contributed by atoms with van der Waals surface area (Å²) in [5.41, 5.74) is 5.41. The first-order chi connectivity index (χ1) is 12.1. The van der Waals surface area contributed by atoms with Crippen LogP contribution in [0.2, 0.25) is 0 Å². The molecule has 0 saturated heterocycles. The van der Waals surface area contributed by atoms with E-state index in [9.17, 15) is 9.59 Å². The highest BCUT2D eigenvalue weighted by atomic mass is 16.2. The number of rotatable bonds is 17. The largest absolute Gasteiger partial charge is 0.320 e. The van der Waals surface area contributed by atoms with Gasteiger partial charge in [-0.2, -0.15) is 0 Å². The van der Waals surface area contributed by atoms with Gasteiger partial charge < -0.3 is 5.73 Å². The molecule has 0 aliphatic heterocycles. The van der Waals surface area contributed by atoms with Gasteiger partial charge in [0.25, 0.3) is 0 Å². The molecule has 4 nitrogen and oxygen atoms in total. The molecule has 0 radical (unpaired) electrons. The highest BCUT2D eigenvalue weighted by Crippen LogP contribution is 2.13. The summed E-state index contributed by atoms with van der Waals surface area (Å²) in [6.45, 7) is 3.85. The number of unbranched alkanes of at least 4 members (excludes halogenated alkanes) is 14. The molecule has 0 aromatic rings. The summed E-state index contributed by atoms with van der Waals surface area (Å²) in [7, 11) is 0. The van der Waals surface area contributed by atoms with Crippen molar-refractivity contribution in [1.29, 1.82) is 0 Å². The molecule has 0 aromatic carbocycles. The van der Waals surface area contributed by atoms with Crippen molar-refractivity contribution in [1.82, 2.24) is 5.32 Å². The lowest BCUT2D eigenvalue weighted by molar-refractivity contribution is -0.131. The van der Waals surface area contributed by atoms with E-state index in [0.717, 1.165) is 12.8 Å². The average molecular weight is 355 g/mol. The van der Waals surface area contributed by atoms with E-state index < -0.39 is 6.04 Å². The van der Waals surface area contributed by atoms with Gasteiger partial charge in [0.2, 0.25) is 11.8 Å². The topological polar surface area (TPSA) is 72.2 Å². The maximum absolute atomic E-state index is 11.5. The number of hydrogen-bond acceptors (Lipinski definition) is 3. The third-order valence-electron chi connectivity index (χ3n) is 4.68. The van der Waals surface area contributed by atoms with Crippen molar-refractivity contribution in [2.45, 2.75) is 123 Å². The smallest absolute Gasteiger partial charge is 0.243 e. The van der Waals surface area contributed by atoms with Crippen LogP contribution in [0.1, 0.15) is 117 Å². The Morgan fingerprint density at radius 1 is 0.720 bits per heavy atom. The van der Waals surface area contributed by atoms with Crippen LogP contribution in [0.25, 0.3) is 0 Å². The number of carbonyl (C=O) groups is 2. The quantitative estimate of drug-likeness (QED) is 0.351. The Morgan fingerprint density at radius 3 is 1.44 bits per heavy atom. The van der Waals surface area contributed by atoms with Gasteiger partial charge in [-0.05, 0) is 13.3 Å². The van der Waals surface area contributed by atoms with Crippen LogP contribution in [0, 0.1) is 0 Å². The van der Waals surface area contributed by atoms with Crippen molar-refractivity contribution in [3.63, 3.8) is 0 Å². The lowest BCUT2D eigenvalue weighted by atomic mass is 10.0. The summed E-state index contributed by atoms with van der Waals surface area (Å²) in [6, 6.07) is -0.620. The molecule has 0 aliphatic carbocycles. The molecule has 0 aromatic heterocycles. The maximum Gasteiger partial charge on any atom is 0.243 e. The van der Waals surface area contributed by atoms with Crippen molar-refractivity contribution < 1.29 is 9.59 Å². The van der Waals surface area contributed by atoms with Gasteiger partial charge in [0.15, 0.2) is 0 Å². The van der Waals surface area contributed by atoms with Gasteiger partial charge in [-0.25, -0.2) is 0 Å². The Bertz CT molecular complexity index is 330. The predicted molar refractivity (Wildman–Crippen MR) is 106 cm³/mol. The zero-order valence-corrected chi connectivity index (χ0v) is 16.8. The average Bonchev–Trinajstić information content (AvgIpc) is 2.58. The molecule has 4 heteroatoms. The van der Waals surface area contributed by atoms with E-state index in [-0.39, 0.29) is 11.8 Å². The van der Waals surface area contributed by atoms with Crippen LogP contribution in [0.4, 0.5) is 0 Å². The van der Waals surface area contributed by atoms with Crippen LogP contribution >= 0.6 is 0 Å². The van der Waals surface area contributed by atoms with Gasteiger partial charge >= 0.3 is 0 Å². The van der Waals surface area contributed by atoms with Crippen LogP contribution in [-0.2, 0) is 9.59 Å². The summed E-state index contributed by atoms with van der Waals surface area (Å²) in [5.74, 6) is -0.581. The van der Waals surface area contributed by atoms with Crippen LogP contribution in [-0.4, -0.2) is 17.9 Å². The van der Waals surface area contributed by atoms with Gasteiger partial charge in [0, 0.05) is 6.42 Å². The normalized spacial score (nSPS) is 12.1. The molecule has 3 N–H and O–H groups in total. The molecular weight excluding hydrogens is 312 g/mol. The van der Waals surface area contributed by atoms with Crippen molar-refractivity contribution in [3.8, 4) is 0 Å². The molecular formula is C21H42N2O2. The molecule has 0 spiro atoms. The third kappa shape index (κ3) is 17.7. The summed E-state index contributed by atoms with van der Waals surface area (Å²) in [5, 5.41) is 2.33. The van der Waals surface area contributed by atoms with Gasteiger partial charge in [-0.1, -0.05) is 96.8 Å². The van der Waals surface area contributed by atoms with E-state index in [1.807, 2.05) is 0 Å². The van der Waals surface area contributed by atoms with E-state index in [0.29, 0.717) is 6.42 Å². The first kappa shape index (κ1) is 24.1. The fourth-order valence-corrected chi connectivity index (χ4v) is 2.97. The second kappa shape index (κ2) is 17.9. The van der Waals surface area contributed by atoms with Crippen molar-refractivity contribution >= 4 is 11.8 Å². The number of hydrogen-bond donors (Lipinski definition) is 2. The fourth-order valence-electron chi connectivity index (χ4n) is 2.97. The van der Waals surface area contributed by atoms with Crippen molar-refractivity contribution in [2.24, 2.45) is 5.73 Å². The third-order valence-corrected chi connectivity index (χ3v) is 4.68. The number of nitrogens with two attached hydrogens (primary N) is 1. The molecule has 0 bridgehead atoms. The Hall–Kier alpha value is -0.900. The fraction of sp³-hybridized carbons (Fsp3) is 0.905. The molecule has 0 unspecified atom stereocenters. The summed E-state index contributed by atoms with van der Waals surface area (Å²) < 4.78 is 0. The monoisotopic (exact) mass is 354 g/mol. The zero-order valence-electron chi connectivity index (χ0n) is 16.8. The van der Waals surface area contributed by atoms with Gasteiger partial charge in [-0.3, -0.25) is 14.9 Å². The molecule has 0 rings (SSSR count). The van der Waals surface area contributed by atoms with E-state index in [4.69, 9.17) is 5.73 Å². The molecule has 0 heterocycles. The number of imide groups is 1. The van der Waals surface area contributed by atoms with E-state index >= 15 is 0 Å². The maximum atomic E-state index is 11.5. The molecule has 148 valence electrons. The van der Waals surface area contributed by atoms with Gasteiger partial charge in [-0.15, -0.1) is 0 Å². The lowest BCUT2D eigenvalue weighted by Gasteiger charge is -2.06. The van der Waals surface area contributed by atoms with Crippen LogP contribution in [0.3, 0.4) is 0 Å². The minimum absolute atomic E-state index is 0.197. The molecule has 0 aliphatic rings. The Morgan fingerprint density at radius 2 is 1.08 bits per heavy atom. The molecule has 25 heavy (non-hydrogen) atoms. The minimum Gasteiger partial charge on any atom is -0.320 e. The van der Waals surface area contributed by atoms with Gasteiger partial charge in [0.05, 0.1) is 6.04 Å².